The zero-order valence-electron chi connectivity index (χ0n) is 21.8. The summed E-state index contributed by atoms with van der Waals surface area (Å²) in [6.07, 6.45) is 5.70. The van der Waals surface area contributed by atoms with E-state index in [1.165, 1.54) is 5.56 Å². The van der Waals surface area contributed by atoms with Crippen LogP contribution in [0.2, 0.25) is 0 Å². The van der Waals surface area contributed by atoms with Gasteiger partial charge in [-0.25, -0.2) is 4.39 Å². The second kappa shape index (κ2) is 9.64. The summed E-state index contributed by atoms with van der Waals surface area (Å²) in [5.41, 5.74) is 4.02. The van der Waals surface area contributed by atoms with Crippen LogP contribution in [0.3, 0.4) is 0 Å². The van der Waals surface area contributed by atoms with E-state index in [4.69, 9.17) is 13.8 Å². The quantitative estimate of drug-likeness (QED) is 0.303. The molecule has 1 aromatic carbocycles. The van der Waals surface area contributed by atoms with E-state index in [0.717, 1.165) is 68.9 Å². The van der Waals surface area contributed by atoms with Crippen LogP contribution in [0, 0.1) is 5.41 Å². The summed E-state index contributed by atoms with van der Waals surface area (Å²) in [6.45, 7) is 14.0. The third-order valence-corrected chi connectivity index (χ3v) is 8.86. The molecule has 1 aliphatic carbocycles. The molecule has 2 rings (SSSR count). The van der Waals surface area contributed by atoms with E-state index in [0.29, 0.717) is 0 Å². The third-order valence-electron chi connectivity index (χ3n) is 6.65. The zero-order chi connectivity index (χ0) is 25.4. The minimum absolute atomic E-state index is 0.0246. The van der Waals surface area contributed by atoms with Gasteiger partial charge in [-0.15, -0.1) is 0 Å². The molecule has 0 N–H and O–H groups in total. The zero-order valence-corrected chi connectivity index (χ0v) is 22.7. The molecule has 0 amide bonds. The summed E-state index contributed by atoms with van der Waals surface area (Å²) in [5, 5.41) is -2.79. The number of fused-ring (bicyclic) bond motifs is 1. The molecule has 0 spiro atoms. The first kappa shape index (κ1) is 27.8. The second-order valence-corrected chi connectivity index (χ2v) is 13.6. The summed E-state index contributed by atoms with van der Waals surface area (Å²) in [6, 6.07) is 2.04. The maximum Gasteiger partial charge on any atom is 0.374 e. The van der Waals surface area contributed by atoms with E-state index >= 15 is 4.39 Å². The first-order valence-electron chi connectivity index (χ1n) is 11.4. The summed E-state index contributed by atoms with van der Waals surface area (Å²) >= 11 is 0. The van der Waals surface area contributed by atoms with E-state index in [1.54, 1.807) is 13.2 Å². The van der Waals surface area contributed by atoms with Crippen molar-refractivity contribution < 1.29 is 27.5 Å². The number of ether oxygens (including phenoxy) is 1. The number of carbonyl (C=O) groups is 1. The van der Waals surface area contributed by atoms with E-state index in [2.05, 4.69) is 41.5 Å². The topological polar surface area (TPSA) is 61.8 Å². The Morgan fingerprint density at radius 1 is 1.09 bits per heavy atom. The third kappa shape index (κ3) is 5.28. The average molecular weight is 483 g/mol. The molecule has 0 aliphatic heterocycles. The van der Waals surface area contributed by atoms with Crippen LogP contribution < -0.4 is 4.74 Å². The SMILES string of the molecule is COc1c(C(C)(C)C)cc(/C=C/C(=O)C(C)(F)P(=O)(OC)OC)c2c1C(C(C)(C)C)CCC2. The van der Waals surface area contributed by atoms with Gasteiger partial charge in [0.2, 0.25) is 5.78 Å². The van der Waals surface area contributed by atoms with Crippen molar-refractivity contribution in [2.45, 2.75) is 84.5 Å². The Kier molecular flexibility index (Phi) is 8.10. The van der Waals surface area contributed by atoms with Crippen LogP contribution in [-0.2, 0) is 30.2 Å². The fourth-order valence-corrected chi connectivity index (χ4v) is 5.86. The van der Waals surface area contributed by atoms with Crippen LogP contribution in [0.5, 0.6) is 5.75 Å². The molecule has 2 atom stereocenters. The Hall–Kier alpha value is -1.49. The minimum atomic E-state index is -4.25. The molecule has 1 aliphatic rings. The summed E-state index contributed by atoms with van der Waals surface area (Å²) < 4.78 is 43.3. The summed E-state index contributed by atoms with van der Waals surface area (Å²) in [4.78, 5) is 12.8. The Bertz CT molecular complexity index is 958. The number of hydrogen-bond acceptors (Lipinski definition) is 5. The molecule has 0 heterocycles. The molecule has 0 fully saturated rings. The van der Waals surface area contributed by atoms with E-state index in [1.807, 2.05) is 6.07 Å². The lowest BCUT2D eigenvalue weighted by Crippen LogP contribution is -2.30. The number of halogens is 1. The highest BCUT2D eigenvalue weighted by atomic mass is 31.2. The van der Waals surface area contributed by atoms with Crippen LogP contribution >= 0.6 is 7.60 Å². The number of methoxy groups -OCH3 is 1. The molecule has 0 radical (unpaired) electrons. The van der Waals surface area contributed by atoms with Crippen molar-refractivity contribution in [2.75, 3.05) is 21.3 Å². The molecular formula is C26H40FO5P. The lowest BCUT2D eigenvalue weighted by molar-refractivity contribution is -0.121. The maximum atomic E-state index is 15.2. The van der Waals surface area contributed by atoms with Gasteiger partial charge in [0.15, 0.2) is 0 Å². The van der Waals surface area contributed by atoms with Crippen LogP contribution in [0.4, 0.5) is 4.39 Å². The fraction of sp³-hybridized carbons (Fsp3) is 0.654. The number of ketones is 1. The van der Waals surface area contributed by atoms with Crippen molar-refractivity contribution in [3.05, 3.63) is 34.4 Å². The van der Waals surface area contributed by atoms with Crippen LogP contribution in [0.1, 0.15) is 89.5 Å². The number of carbonyl (C=O) groups excluding carboxylic acids is 1. The molecule has 5 nitrogen and oxygen atoms in total. The van der Waals surface area contributed by atoms with Gasteiger partial charge in [-0.1, -0.05) is 47.6 Å². The molecule has 0 bridgehead atoms. The molecule has 186 valence electrons. The van der Waals surface area contributed by atoms with E-state index in [-0.39, 0.29) is 16.7 Å². The van der Waals surface area contributed by atoms with Gasteiger partial charge >= 0.3 is 7.60 Å². The van der Waals surface area contributed by atoms with Crippen molar-refractivity contribution >= 4 is 19.5 Å². The summed E-state index contributed by atoms with van der Waals surface area (Å²) in [7, 11) is -0.403. The van der Waals surface area contributed by atoms with Crippen molar-refractivity contribution in [1.82, 2.24) is 0 Å². The number of hydrogen-bond donors (Lipinski definition) is 0. The molecule has 33 heavy (non-hydrogen) atoms. The first-order valence-corrected chi connectivity index (χ1v) is 13.0. The van der Waals surface area contributed by atoms with Crippen LogP contribution in [0.25, 0.3) is 6.08 Å². The van der Waals surface area contributed by atoms with E-state index in [9.17, 15) is 9.36 Å². The molecular weight excluding hydrogens is 442 g/mol. The van der Waals surface area contributed by atoms with Crippen LogP contribution in [0.15, 0.2) is 12.1 Å². The molecule has 1 aromatic rings. The second-order valence-electron chi connectivity index (χ2n) is 11.0. The standard InChI is InChI=1S/C26H40FO5P/c1-24(2,3)19-13-11-12-18-17(16-20(25(4,5)6)23(30-8)22(18)19)14-15-21(28)26(7,27)33(29,31-9)32-10/h14-16,19H,11-13H2,1-10H3/b15-14+. The number of benzene rings is 1. The lowest BCUT2D eigenvalue weighted by atomic mass is 9.66. The van der Waals surface area contributed by atoms with Crippen molar-refractivity contribution in [2.24, 2.45) is 5.41 Å². The van der Waals surface area contributed by atoms with Gasteiger partial charge < -0.3 is 13.8 Å². The minimum Gasteiger partial charge on any atom is -0.496 e. The normalized spacial score (nSPS) is 19.3. The van der Waals surface area contributed by atoms with Crippen molar-refractivity contribution in [3.63, 3.8) is 0 Å². The van der Waals surface area contributed by atoms with Gasteiger partial charge in [-0.05, 0) is 66.2 Å². The Balaban J connectivity index is 2.72. The summed E-state index contributed by atoms with van der Waals surface area (Å²) in [5.74, 6) is 0.230. The van der Waals surface area contributed by atoms with Gasteiger partial charge in [0, 0.05) is 25.3 Å². The molecule has 2 unspecified atom stereocenters. The number of alkyl halides is 1. The highest BCUT2D eigenvalue weighted by Gasteiger charge is 2.52. The van der Waals surface area contributed by atoms with Crippen molar-refractivity contribution in [3.8, 4) is 5.75 Å². The van der Waals surface area contributed by atoms with Gasteiger partial charge in [0.25, 0.3) is 5.41 Å². The van der Waals surface area contributed by atoms with Gasteiger partial charge in [-0.2, -0.15) is 0 Å². The van der Waals surface area contributed by atoms with Crippen molar-refractivity contribution in [1.29, 1.82) is 0 Å². The van der Waals surface area contributed by atoms with Gasteiger partial charge in [0.1, 0.15) is 5.75 Å². The predicted molar refractivity (Wildman–Crippen MR) is 132 cm³/mol. The Morgan fingerprint density at radius 2 is 1.67 bits per heavy atom. The molecule has 0 saturated carbocycles. The number of allylic oxidation sites excluding steroid dienone is 1. The molecule has 0 aromatic heterocycles. The lowest BCUT2D eigenvalue weighted by Gasteiger charge is -2.39. The van der Waals surface area contributed by atoms with Gasteiger partial charge in [-0.3, -0.25) is 9.36 Å². The monoisotopic (exact) mass is 482 g/mol. The predicted octanol–water partition coefficient (Wildman–Crippen LogP) is 7.21. The molecule has 7 heteroatoms. The van der Waals surface area contributed by atoms with Crippen LogP contribution in [-0.4, -0.2) is 32.5 Å². The largest absolute Gasteiger partial charge is 0.496 e. The maximum absolute atomic E-state index is 15.2. The highest BCUT2D eigenvalue weighted by Crippen LogP contribution is 2.60. The smallest absolute Gasteiger partial charge is 0.374 e. The Labute approximate surface area is 198 Å². The van der Waals surface area contributed by atoms with Gasteiger partial charge in [0.05, 0.1) is 7.11 Å². The average Bonchev–Trinajstić information content (AvgIpc) is 2.73. The Morgan fingerprint density at radius 3 is 2.12 bits per heavy atom. The fourth-order valence-electron chi connectivity index (χ4n) is 4.68. The number of rotatable bonds is 7. The highest BCUT2D eigenvalue weighted by molar-refractivity contribution is 7.56. The first-order chi connectivity index (χ1) is 15.0. The molecule has 0 saturated heterocycles. The van der Waals surface area contributed by atoms with E-state index < -0.39 is 18.8 Å².